The van der Waals surface area contributed by atoms with Crippen molar-refractivity contribution in [3.63, 3.8) is 0 Å². The molecule has 0 aromatic heterocycles. The molecular weight excluding hydrogens is 226 g/mol. The molecule has 0 bridgehead atoms. The fourth-order valence-electron chi connectivity index (χ4n) is 2.43. The first kappa shape index (κ1) is 13.4. The molecule has 0 spiro atoms. The van der Waals surface area contributed by atoms with Crippen molar-refractivity contribution < 1.29 is 9.84 Å². The van der Waals surface area contributed by atoms with Gasteiger partial charge in [0.1, 0.15) is 12.4 Å². The van der Waals surface area contributed by atoms with Gasteiger partial charge in [-0.1, -0.05) is 13.0 Å². The molecule has 3 heteroatoms. The van der Waals surface area contributed by atoms with E-state index in [-0.39, 0.29) is 0 Å². The van der Waals surface area contributed by atoms with Crippen molar-refractivity contribution in [1.29, 1.82) is 0 Å². The summed E-state index contributed by atoms with van der Waals surface area (Å²) in [5.74, 6) is 0.866. The number of hydrogen-bond donors (Lipinski definition) is 2. The summed E-state index contributed by atoms with van der Waals surface area (Å²) < 4.78 is 5.54. The van der Waals surface area contributed by atoms with Gasteiger partial charge in [0.2, 0.25) is 0 Å². The predicted molar refractivity (Wildman–Crippen MR) is 73.0 cm³/mol. The standard InChI is InChI=1S/C15H23NO2/c1-3-8-16-15-7-4-12-9-13(5-6-14(12)15)18-10-11(2)17/h5-6,9,11,15-17H,3-4,7-8,10H2,1-2H3. The van der Waals surface area contributed by atoms with Crippen LogP contribution in [0.4, 0.5) is 0 Å². The van der Waals surface area contributed by atoms with Gasteiger partial charge < -0.3 is 15.2 Å². The first-order valence-corrected chi connectivity index (χ1v) is 6.87. The Bertz CT molecular complexity index is 390. The topological polar surface area (TPSA) is 41.5 Å². The smallest absolute Gasteiger partial charge is 0.119 e. The van der Waals surface area contributed by atoms with E-state index in [1.54, 1.807) is 6.92 Å². The van der Waals surface area contributed by atoms with E-state index in [0.717, 1.165) is 18.7 Å². The maximum Gasteiger partial charge on any atom is 0.119 e. The molecule has 0 saturated heterocycles. The highest BCUT2D eigenvalue weighted by Crippen LogP contribution is 2.33. The number of fused-ring (bicyclic) bond motifs is 1. The van der Waals surface area contributed by atoms with Crippen LogP contribution in [0.3, 0.4) is 0 Å². The number of rotatable bonds is 6. The number of nitrogens with one attached hydrogen (secondary N) is 1. The van der Waals surface area contributed by atoms with E-state index >= 15 is 0 Å². The summed E-state index contributed by atoms with van der Waals surface area (Å²) in [4.78, 5) is 0. The van der Waals surface area contributed by atoms with Crippen molar-refractivity contribution in [2.75, 3.05) is 13.2 Å². The van der Waals surface area contributed by atoms with E-state index in [1.165, 1.54) is 24.0 Å². The summed E-state index contributed by atoms with van der Waals surface area (Å²) >= 11 is 0. The second-order valence-corrected chi connectivity index (χ2v) is 5.07. The van der Waals surface area contributed by atoms with Gasteiger partial charge in [-0.15, -0.1) is 0 Å². The Morgan fingerprint density at radius 3 is 3.06 bits per heavy atom. The number of hydrogen-bond acceptors (Lipinski definition) is 3. The maximum absolute atomic E-state index is 9.21. The van der Waals surface area contributed by atoms with Crippen LogP contribution in [0.2, 0.25) is 0 Å². The van der Waals surface area contributed by atoms with Crippen molar-refractivity contribution in [3.8, 4) is 5.75 Å². The van der Waals surface area contributed by atoms with Gasteiger partial charge in [-0.2, -0.15) is 0 Å². The molecule has 0 heterocycles. The van der Waals surface area contributed by atoms with Gasteiger partial charge in [0.15, 0.2) is 0 Å². The molecule has 1 aromatic rings. The molecule has 18 heavy (non-hydrogen) atoms. The lowest BCUT2D eigenvalue weighted by atomic mass is 10.1. The molecule has 1 aliphatic rings. The minimum atomic E-state index is -0.419. The number of aliphatic hydroxyl groups is 1. The van der Waals surface area contributed by atoms with Crippen molar-refractivity contribution in [2.45, 2.75) is 45.3 Å². The largest absolute Gasteiger partial charge is 0.491 e. The van der Waals surface area contributed by atoms with Gasteiger partial charge in [-0.25, -0.2) is 0 Å². The lowest BCUT2D eigenvalue weighted by Crippen LogP contribution is -2.19. The molecule has 0 radical (unpaired) electrons. The van der Waals surface area contributed by atoms with Crippen LogP contribution in [-0.2, 0) is 6.42 Å². The summed E-state index contributed by atoms with van der Waals surface area (Å²) in [6.07, 6.45) is 3.04. The van der Waals surface area contributed by atoms with Crippen molar-refractivity contribution in [1.82, 2.24) is 5.32 Å². The molecule has 0 amide bonds. The molecular formula is C15H23NO2. The summed E-state index contributed by atoms with van der Waals surface area (Å²) in [7, 11) is 0. The number of aliphatic hydroxyl groups excluding tert-OH is 1. The second kappa shape index (κ2) is 6.21. The molecule has 0 fully saturated rings. The number of aryl methyl sites for hydroxylation is 1. The Hall–Kier alpha value is -1.06. The summed E-state index contributed by atoms with van der Waals surface area (Å²) in [6, 6.07) is 6.79. The molecule has 0 saturated carbocycles. The first-order chi connectivity index (χ1) is 8.70. The quantitative estimate of drug-likeness (QED) is 0.813. The van der Waals surface area contributed by atoms with Crippen LogP contribution in [0, 0.1) is 0 Å². The fourth-order valence-corrected chi connectivity index (χ4v) is 2.43. The third kappa shape index (κ3) is 3.24. The summed E-state index contributed by atoms with van der Waals surface area (Å²) in [5, 5.41) is 12.8. The molecule has 0 aliphatic heterocycles. The molecule has 2 unspecified atom stereocenters. The van der Waals surface area contributed by atoms with Gasteiger partial charge in [0, 0.05) is 6.04 Å². The molecule has 2 N–H and O–H groups in total. The zero-order valence-electron chi connectivity index (χ0n) is 11.3. The van der Waals surface area contributed by atoms with E-state index in [0.29, 0.717) is 12.6 Å². The Labute approximate surface area is 109 Å². The molecule has 100 valence electrons. The minimum Gasteiger partial charge on any atom is -0.491 e. The summed E-state index contributed by atoms with van der Waals surface area (Å²) in [5.41, 5.74) is 2.79. The van der Waals surface area contributed by atoms with Crippen LogP contribution in [-0.4, -0.2) is 24.4 Å². The van der Waals surface area contributed by atoms with Gasteiger partial charge in [-0.3, -0.25) is 0 Å². The average Bonchev–Trinajstić information content (AvgIpc) is 2.76. The minimum absolute atomic E-state index is 0.357. The third-order valence-corrected chi connectivity index (χ3v) is 3.32. The second-order valence-electron chi connectivity index (χ2n) is 5.07. The van der Waals surface area contributed by atoms with E-state index in [2.05, 4.69) is 24.4 Å². The SMILES string of the molecule is CCCNC1CCc2cc(OCC(C)O)ccc21. The van der Waals surface area contributed by atoms with Crippen LogP contribution in [0.15, 0.2) is 18.2 Å². The van der Waals surface area contributed by atoms with E-state index in [9.17, 15) is 5.11 Å². The highest BCUT2D eigenvalue weighted by molar-refractivity contribution is 5.40. The van der Waals surface area contributed by atoms with Crippen molar-refractivity contribution >= 4 is 0 Å². The highest BCUT2D eigenvalue weighted by atomic mass is 16.5. The van der Waals surface area contributed by atoms with Crippen LogP contribution in [0.5, 0.6) is 5.75 Å². The van der Waals surface area contributed by atoms with Crippen LogP contribution in [0.1, 0.15) is 43.9 Å². The first-order valence-electron chi connectivity index (χ1n) is 6.87. The van der Waals surface area contributed by atoms with E-state index in [4.69, 9.17) is 4.74 Å². The Morgan fingerprint density at radius 2 is 2.33 bits per heavy atom. The Balaban J connectivity index is 2.01. The molecule has 3 nitrogen and oxygen atoms in total. The number of ether oxygens (including phenoxy) is 1. The van der Waals surface area contributed by atoms with Gasteiger partial charge in [0.05, 0.1) is 6.10 Å². The average molecular weight is 249 g/mol. The molecule has 1 aliphatic carbocycles. The summed E-state index contributed by atoms with van der Waals surface area (Å²) in [6.45, 7) is 5.36. The van der Waals surface area contributed by atoms with Crippen LogP contribution < -0.4 is 10.1 Å². The van der Waals surface area contributed by atoms with Gasteiger partial charge in [-0.05, 0) is 56.0 Å². The van der Waals surface area contributed by atoms with Gasteiger partial charge >= 0.3 is 0 Å². The molecule has 1 aromatic carbocycles. The zero-order chi connectivity index (χ0) is 13.0. The monoisotopic (exact) mass is 249 g/mol. The molecule has 2 atom stereocenters. The third-order valence-electron chi connectivity index (χ3n) is 3.32. The lowest BCUT2D eigenvalue weighted by molar-refractivity contribution is 0.122. The zero-order valence-corrected chi connectivity index (χ0v) is 11.3. The fraction of sp³-hybridized carbons (Fsp3) is 0.600. The highest BCUT2D eigenvalue weighted by Gasteiger charge is 2.21. The number of benzene rings is 1. The Kier molecular flexibility index (Phi) is 4.61. The van der Waals surface area contributed by atoms with Crippen LogP contribution >= 0.6 is 0 Å². The van der Waals surface area contributed by atoms with Crippen molar-refractivity contribution in [2.24, 2.45) is 0 Å². The maximum atomic E-state index is 9.21. The van der Waals surface area contributed by atoms with E-state index < -0.39 is 6.10 Å². The van der Waals surface area contributed by atoms with E-state index in [1.807, 2.05) is 6.07 Å². The van der Waals surface area contributed by atoms with Crippen molar-refractivity contribution in [3.05, 3.63) is 29.3 Å². The Morgan fingerprint density at radius 1 is 1.50 bits per heavy atom. The normalized spacial score (nSPS) is 19.6. The molecule has 2 rings (SSSR count). The van der Waals surface area contributed by atoms with Crippen LogP contribution in [0.25, 0.3) is 0 Å². The van der Waals surface area contributed by atoms with Gasteiger partial charge in [0.25, 0.3) is 0 Å². The lowest BCUT2D eigenvalue weighted by Gasteiger charge is -2.14. The predicted octanol–water partition coefficient (Wildman–Crippen LogP) is 2.43.